The smallest absolute Gasteiger partial charge is 0.302 e. The van der Waals surface area contributed by atoms with E-state index < -0.39 is 0 Å². The SMILES string of the molecule is C1C[C@@H]2C[C@@H]2CCN1.CCOC(C)=O. The number of hydrogen-bond donors (Lipinski definition) is 1. The summed E-state index contributed by atoms with van der Waals surface area (Å²) in [4.78, 5) is 9.82. The standard InChI is InChI=1S/C7H13N.C4H8O2/c1-3-8-4-2-7-5-6(1)7;1-3-6-4(2)5/h6-8H,1-5H2;3H2,1-2H3/t6-,7+;. The molecule has 1 heterocycles. The topological polar surface area (TPSA) is 38.3 Å². The average Bonchev–Trinajstić information content (AvgIpc) is 2.79. The Bertz CT molecular complexity index is 172. The van der Waals surface area contributed by atoms with Crippen molar-refractivity contribution in [2.45, 2.75) is 33.1 Å². The van der Waals surface area contributed by atoms with E-state index in [2.05, 4.69) is 10.1 Å². The lowest BCUT2D eigenvalue weighted by Crippen LogP contribution is -2.14. The minimum Gasteiger partial charge on any atom is -0.466 e. The van der Waals surface area contributed by atoms with Crippen LogP contribution in [0.4, 0.5) is 0 Å². The highest BCUT2D eigenvalue weighted by atomic mass is 16.5. The number of fused-ring (bicyclic) bond motifs is 1. The van der Waals surface area contributed by atoms with Crippen LogP contribution in [0.15, 0.2) is 0 Å². The van der Waals surface area contributed by atoms with E-state index in [9.17, 15) is 4.79 Å². The van der Waals surface area contributed by atoms with Crippen molar-refractivity contribution in [3.05, 3.63) is 0 Å². The highest BCUT2D eigenvalue weighted by Gasteiger charge is 2.36. The molecule has 0 amide bonds. The first-order chi connectivity index (χ1) is 6.74. The summed E-state index contributed by atoms with van der Waals surface area (Å²) in [6.45, 7) is 6.21. The third-order valence-electron chi connectivity index (χ3n) is 2.80. The summed E-state index contributed by atoms with van der Waals surface area (Å²) in [5.41, 5.74) is 0. The van der Waals surface area contributed by atoms with E-state index >= 15 is 0 Å². The highest BCUT2D eigenvalue weighted by molar-refractivity contribution is 5.65. The second kappa shape index (κ2) is 6.02. The van der Waals surface area contributed by atoms with Gasteiger partial charge in [-0.2, -0.15) is 0 Å². The van der Waals surface area contributed by atoms with Crippen molar-refractivity contribution in [2.75, 3.05) is 19.7 Å². The van der Waals surface area contributed by atoms with Crippen LogP contribution in [0, 0.1) is 11.8 Å². The maximum absolute atomic E-state index is 9.82. The lowest BCUT2D eigenvalue weighted by atomic mass is 10.2. The molecule has 0 aromatic rings. The van der Waals surface area contributed by atoms with Gasteiger partial charge >= 0.3 is 5.97 Å². The summed E-state index contributed by atoms with van der Waals surface area (Å²) in [5, 5.41) is 3.41. The Balaban J connectivity index is 0.000000149. The van der Waals surface area contributed by atoms with Crippen molar-refractivity contribution >= 4 is 5.97 Å². The van der Waals surface area contributed by atoms with Gasteiger partial charge < -0.3 is 10.1 Å². The molecule has 1 aliphatic heterocycles. The zero-order chi connectivity index (χ0) is 10.4. The largest absolute Gasteiger partial charge is 0.466 e. The summed E-state index contributed by atoms with van der Waals surface area (Å²) < 4.78 is 4.40. The van der Waals surface area contributed by atoms with Crippen LogP contribution in [0.1, 0.15) is 33.1 Å². The summed E-state index contributed by atoms with van der Waals surface area (Å²) in [6.07, 6.45) is 4.44. The van der Waals surface area contributed by atoms with Gasteiger partial charge in [-0.25, -0.2) is 0 Å². The zero-order valence-corrected chi connectivity index (χ0v) is 9.21. The van der Waals surface area contributed by atoms with Crippen molar-refractivity contribution in [1.82, 2.24) is 5.32 Å². The lowest BCUT2D eigenvalue weighted by Gasteiger charge is -1.95. The van der Waals surface area contributed by atoms with Crippen molar-refractivity contribution in [3.8, 4) is 0 Å². The molecule has 1 aliphatic carbocycles. The van der Waals surface area contributed by atoms with E-state index in [-0.39, 0.29) is 5.97 Å². The van der Waals surface area contributed by atoms with Gasteiger partial charge in [-0.1, -0.05) is 0 Å². The normalized spacial score (nSPS) is 29.0. The first-order valence-corrected chi connectivity index (χ1v) is 5.58. The third kappa shape index (κ3) is 4.61. The fraction of sp³-hybridized carbons (Fsp3) is 0.909. The number of rotatable bonds is 1. The van der Waals surface area contributed by atoms with Crippen LogP contribution in [0.3, 0.4) is 0 Å². The Morgan fingerprint density at radius 2 is 1.93 bits per heavy atom. The molecule has 1 N–H and O–H groups in total. The molecular formula is C11H21NO2. The molecule has 1 saturated carbocycles. The van der Waals surface area contributed by atoms with Gasteiger partial charge in [0.1, 0.15) is 0 Å². The van der Waals surface area contributed by atoms with Gasteiger partial charge in [-0.3, -0.25) is 4.79 Å². The quantitative estimate of drug-likeness (QED) is 0.651. The van der Waals surface area contributed by atoms with E-state index in [1.165, 1.54) is 32.9 Å². The third-order valence-corrected chi connectivity index (χ3v) is 2.80. The Kier molecular flexibility index (Phi) is 4.94. The molecule has 0 aromatic carbocycles. The molecule has 82 valence electrons. The molecule has 0 radical (unpaired) electrons. The molecule has 0 aromatic heterocycles. The number of carbonyl (C=O) groups excluding carboxylic acids is 1. The van der Waals surface area contributed by atoms with E-state index in [0.717, 1.165) is 11.8 Å². The molecule has 0 spiro atoms. The van der Waals surface area contributed by atoms with Crippen molar-refractivity contribution in [2.24, 2.45) is 11.8 Å². The molecule has 14 heavy (non-hydrogen) atoms. The minimum atomic E-state index is -0.211. The Labute approximate surface area is 86.2 Å². The van der Waals surface area contributed by atoms with Crippen LogP contribution in [0.25, 0.3) is 0 Å². The number of carbonyl (C=O) groups is 1. The maximum atomic E-state index is 9.82. The van der Waals surface area contributed by atoms with Crippen molar-refractivity contribution in [3.63, 3.8) is 0 Å². The second-order valence-corrected chi connectivity index (χ2v) is 4.01. The van der Waals surface area contributed by atoms with E-state index in [4.69, 9.17) is 0 Å². The average molecular weight is 199 g/mol. The predicted octanol–water partition coefficient (Wildman–Crippen LogP) is 1.58. The molecule has 2 atom stereocenters. The molecule has 2 aliphatic rings. The molecule has 3 nitrogen and oxygen atoms in total. The fourth-order valence-electron chi connectivity index (χ4n) is 1.92. The van der Waals surface area contributed by atoms with Gasteiger partial charge in [-0.15, -0.1) is 0 Å². The Morgan fingerprint density at radius 1 is 1.36 bits per heavy atom. The summed E-state index contributed by atoms with van der Waals surface area (Å²) in [6, 6.07) is 0. The van der Waals surface area contributed by atoms with Crippen LogP contribution in [0.5, 0.6) is 0 Å². The Hall–Kier alpha value is -0.570. The van der Waals surface area contributed by atoms with Gasteiger partial charge in [0.2, 0.25) is 0 Å². The minimum absolute atomic E-state index is 0.211. The first kappa shape index (κ1) is 11.5. The molecular weight excluding hydrogens is 178 g/mol. The summed E-state index contributed by atoms with van der Waals surface area (Å²) in [5.74, 6) is 2.05. The van der Waals surface area contributed by atoms with Crippen LogP contribution in [0.2, 0.25) is 0 Å². The zero-order valence-electron chi connectivity index (χ0n) is 9.21. The molecule has 2 fully saturated rings. The number of hydrogen-bond acceptors (Lipinski definition) is 3. The van der Waals surface area contributed by atoms with Crippen molar-refractivity contribution < 1.29 is 9.53 Å². The van der Waals surface area contributed by atoms with Crippen LogP contribution >= 0.6 is 0 Å². The van der Waals surface area contributed by atoms with Gasteiger partial charge in [0.15, 0.2) is 0 Å². The molecule has 0 bridgehead atoms. The lowest BCUT2D eigenvalue weighted by molar-refractivity contribution is -0.140. The number of ether oxygens (including phenoxy) is 1. The summed E-state index contributed by atoms with van der Waals surface area (Å²) in [7, 11) is 0. The Morgan fingerprint density at radius 3 is 2.29 bits per heavy atom. The molecule has 2 rings (SSSR count). The van der Waals surface area contributed by atoms with Crippen LogP contribution in [-0.4, -0.2) is 25.7 Å². The van der Waals surface area contributed by atoms with Gasteiger partial charge in [0.25, 0.3) is 0 Å². The van der Waals surface area contributed by atoms with Crippen molar-refractivity contribution in [1.29, 1.82) is 0 Å². The van der Waals surface area contributed by atoms with Crippen LogP contribution in [-0.2, 0) is 9.53 Å². The maximum Gasteiger partial charge on any atom is 0.302 e. The molecule has 1 saturated heterocycles. The molecule has 3 heteroatoms. The summed E-state index contributed by atoms with van der Waals surface area (Å²) >= 11 is 0. The van der Waals surface area contributed by atoms with E-state index in [0.29, 0.717) is 6.61 Å². The second-order valence-electron chi connectivity index (χ2n) is 4.01. The number of nitrogens with one attached hydrogen (secondary N) is 1. The van der Waals surface area contributed by atoms with Gasteiger partial charge in [-0.05, 0) is 51.1 Å². The van der Waals surface area contributed by atoms with E-state index in [1.54, 1.807) is 13.3 Å². The number of esters is 1. The van der Waals surface area contributed by atoms with Gasteiger partial charge in [0.05, 0.1) is 6.61 Å². The van der Waals surface area contributed by atoms with Gasteiger partial charge in [0, 0.05) is 6.92 Å². The predicted molar refractivity (Wildman–Crippen MR) is 56.0 cm³/mol. The van der Waals surface area contributed by atoms with Crippen LogP contribution < -0.4 is 5.32 Å². The highest BCUT2D eigenvalue weighted by Crippen LogP contribution is 2.44. The van der Waals surface area contributed by atoms with E-state index in [1.807, 2.05) is 0 Å². The first-order valence-electron chi connectivity index (χ1n) is 5.58. The fourth-order valence-corrected chi connectivity index (χ4v) is 1.92. The molecule has 0 unspecified atom stereocenters. The monoisotopic (exact) mass is 199 g/mol.